The molecule has 0 saturated carbocycles. The molecule has 1 heterocycles. The SMILES string of the molecule is CCNCc1cnncc1NCC. The lowest BCUT2D eigenvalue weighted by Gasteiger charge is -2.08. The maximum absolute atomic E-state index is 3.85. The fraction of sp³-hybridized carbons (Fsp3) is 0.556. The van der Waals surface area contributed by atoms with Gasteiger partial charge in [0.05, 0.1) is 18.1 Å². The summed E-state index contributed by atoms with van der Waals surface area (Å²) in [5.41, 5.74) is 2.23. The second-order valence-electron chi connectivity index (χ2n) is 2.74. The zero-order valence-electron chi connectivity index (χ0n) is 8.17. The van der Waals surface area contributed by atoms with Crippen molar-refractivity contribution in [3.05, 3.63) is 18.0 Å². The first-order valence-corrected chi connectivity index (χ1v) is 4.62. The fourth-order valence-corrected chi connectivity index (χ4v) is 1.10. The maximum atomic E-state index is 3.85. The van der Waals surface area contributed by atoms with Crippen molar-refractivity contribution in [3.63, 3.8) is 0 Å². The number of nitrogens with one attached hydrogen (secondary N) is 2. The Kier molecular flexibility index (Phi) is 4.18. The average molecular weight is 180 g/mol. The van der Waals surface area contributed by atoms with Crippen molar-refractivity contribution in [2.75, 3.05) is 18.4 Å². The Morgan fingerprint density at radius 1 is 1.15 bits per heavy atom. The lowest BCUT2D eigenvalue weighted by molar-refractivity contribution is 0.722. The Bertz CT molecular complexity index is 249. The van der Waals surface area contributed by atoms with Crippen LogP contribution in [0.3, 0.4) is 0 Å². The lowest BCUT2D eigenvalue weighted by atomic mass is 10.2. The maximum Gasteiger partial charge on any atom is 0.0731 e. The van der Waals surface area contributed by atoms with Crippen LogP contribution in [0.15, 0.2) is 12.4 Å². The molecule has 72 valence electrons. The van der Waals surface area contributed by atoms with Gasteiger partial charge in [0.15, 0.2) is 0 Å². The molecule has 4 heteroatoms. The smallest absolute Gasteiger partial charge is 0.0731 e. The van der Waals surface area contributed by atoms with Gasteiger partial charge in [0.25, 0.3) is 0 Å². The van der Waals surface area contributed by atoms with Gasteiger partial charge in [-0.3, -0.25) is 0 Å². The summed E-state index contributed by atoms with van der Waals surface area (Å²) in [7, 11) is 0. The van der Waals surface area contributed by atoms with Crippen molar-refractivity contribution in [3.8, 4) is 0 Å². The predicted octanol–water partition coefficient (Wildman–Crippen LogP) is 1.02. The van der Waals surface area contributed by atoms with Gasteiger partial charge in [0.1, 0.15) is 0 Å². The molecule has 1 rings (SSSR count). The molecule has 4 nitrogen and oxygen atoms in total. The minimum absolute atomic E-state index is 0.842. The molecule has 0 fully saturated rings. The normalized spacial score (nSPS) is 10.0. The first-order chi connectivity index (χ1) is 6.38. The standard InChI is InChI=1S/C9H16N4/c1-3-10-5-8-6-12-13-7-9(8)11-4-2/h6-7,10H,3-5H2,1-2H3,(H,11,12). The van der Waals surface area contributed by atoms with Crippen LogP contribution >= 0.6 is 0 Å². The molecule has 0 saturated heterocycles. The zero-order valence-corrected chi connectivity index (χ0v) is 8.17. The molecular weight excluding hydrogens is 164 g/mol. The summed E-state index contributed by atoms with van der Waals surface area (Å²) in [6.07, 6.45) is 3.55. The van der Waals surface area contributed by atoms with E-state index < -0.39 is 0 Å². The quantitative estimate of drug-likeness (QED) is 0.710. The van der Waals surface area contributed by atoms with Gasteiger partial charge >= 0.3 is 0 Å². The fourth-order valence-electron chi connectivity index (χ4n) is 1.10. The van der Waals surface area contributed by atoms with Gasteiger partial charge in [0, 0.05) is 18.7 Å². The molecule has 2 N–H and O–H groups in total. The lowest BCUT2D eigenvalue weighted by Crippen LogP contribution is -2.14. The van der Waals surface area contributed by atoms with Crippen molar-refractivity contribution in [1.29, 1.82) is 0 Å². The molecule has 1 aromatic rings. The van der Waals surface area contributed by atoms with Crippen LogP contribution in [0.25, 0.3) is 0 Å². The highest BCUT2D eigenvalue weighted by Crippen LogP contribution is 2.10. The van der Waals surface area contributed by atoms with Crippen LogP contribution in [0, 0.1) is 0 Å². The summed E-state index contributed by atoms with van der Waals surface area (Å²) in [5, 5.41) is 14.2. The van der Waals surface area contributed by atoms with E-state index in [0.29, 0.717) is 0 Å². The summed E-state index contributed by atoms with van der Waals surface area (Å²) >= 11 is 0. The highest BCUT2D eigenvalue weighted by Gasteiger charge is 1.99. The van der Waals surface area contributed by atoms with Crippen LogP contribution in [0.4, 0.5) is 5.69 Å². The van der Waals surface area contributed by atoms with Crippen LogP contribution in [-0.4, -0.2) is 23.3 Å². The summed E-state index contributed by atoms with van der Waals surface area (Å²) in [5.74, 6) is 0. The molecule has 1 aromatic heterocycles. The van der Waals surface area contributed by atoms with E-state index in [9.17, 15) is 0 Å². The molecule has 0 amide bonds. The number of anilines is 1. The third-order valence-corrected chi connectivity index (χ3v) is 1.75. The van der Waals surface area contributed by atoms with E-state index in [2.05, 4.69) is 34.7 Å². The highest BCUT2D eigenvalue weighted by molar-refractivity contribution is 5.47. The van der Waals surface area contributed by atoms with Crippen LogP contribution in [-0.2, 0) is 6.54 Å². The molecule has 0 aliphatic heterocycles. The van der Waals surface area contributed by atoms with Gasteiger partial charge < -0.3 is 10.6 Å². The van der Waals surface area contributed by atoms with E-state index >= 15 is 0 Å². The number of hydrogen-bond acceptors (Lipinski definition) is 4. The Hall–Kier alpha value is -1.16. The van der Waals surface area contributed by atoms with Crippen LogP contribution in [0.2, 0.25) is 0 Å². The number of aromatic nitrogens is 2. The molecule has 0 aromatic carbocycles. The molecule has 0 atom stereocenters. The zero-order chi connectivity index (χ0) is 9.52. The van der Waals surface area contributed by atoms with Gasteiger partial charge in [-0.05, 0) is 13.5 Å². The van der Waals surface area contributed by atoms with Gasteiger partial charge in [0.2, 0.25) is 0 Å². The summed E-state index contributed by atoms with van der Waals surface area (Å²) in [4.78, 5) is 0. The van der Waals surface area contributed by atoms with E-state index in [1.54, 1.807) is 12.4 Å². The Morgan fingerprint density at radius 3 is 2.62 bits per heavy atom. The van der Waals surface area contributed by atoms with Crippen molar-refractivity contribution in [2.45, 2.75) is 20.4 Å². The van der Waals surface area contributed by atoms with E-state index in [1.807, 2.05) is 0 Å². The monoisotopic (exact) mass is 180 g/mol. The van der Waals surface area contributed by atoms with Crippen LogP contribution < -0.4 is 10.6 Å². The Balaban J connectivity index is 2.66. The Morgan fingerprint density at radius 2 is 1.92 bits per heavy atom. The second kappa shape index (κ2) is 5.48. The largest absolute Gasteiger partial charge is 0.384 e. The van der Waals surface area contributed by atoms with E-state index in [1.165, 1.54) is 5.56 Å². The molecule has 0 bridgehead atoms. The minimum Gasteiger partial charge on any atom is -0.384 e. The first kappa shape index (κ1) is 9.92. The third-order valence-electron chi connectivity index (χ3n) is 1.75. The van der Waals surface area contributed by atoms with E-state index in [4.69, 9.17) is 0 Å². The number of rotatable bonds is 5. The minimum atomic E-state index is 0.842. The highest BCUT2D eigenvalue weighted by atomic mass is 15.1. The van der Waals surface area contributed by atoms with Crippen molar-refractivity contribution < 1.29 is 0 Å². The van der Waals surface area contributed by atoms with Crippen molar-refractivity contribution in [2.24, 2.45) is 0 Å². The molecule has 0 aliphatic rings. The van der Waals surface area contributed by atoms with Crippen molar-refractivity contribution in [1.82, 2.24) is 15.5 Å². The van der Waals surface area contributed by atoms with Gasteiger partial charge in [-0.25, -0.2) is 0 Å². The summed E-state index contributed by atoms with van der Waals surface area (Å²) in [6, 6.07) is 0. The molecule has 0 spiro atoms. The van der Waals surface area contributed by atoms with Crippen molar-refractivity contribution >= 4 is 5.69 Å². The van der Waals surface area contributed by atoms with Gasteiger partial charge in [-0.2, -0.15) is 10.2 Å². The number of hydrogen-bond donors (Lipinski definition) is 2. The summed E-state index contributed by atoms with van der Waals surface area (Å²) < 4.78 is 0. The molecule has 0 radical (unpaired) electrons. The predicted molar refractivity (Wildman–Crippen MR) is 53.6 cm³/mol. The molecule has 0 unspecified atom stereocenters. The summed E-state index contributed by atoms with van der Waals surface area (Å²) in [6.45, 7) is 6.87. The molecular formula is C9H16N4. The van der Waals surface area contributed by atoms with E-state index in [-0.39, 0.29) is 0 Å². The van der Waals surface area contributed by atoms with Gasteiger partial charge in [-0.15, -0.1) is 0 Å². The van der Waals surface area contributed by atoms with Crippen LogP contribution in [0.5, 0.6) is 0 Å². The average Bonchev–Trinajstić information content (AvgIpc) is 2.17. The number of nitrogens with zero attached hydrogens (tertiary/aromatic N) is 2. The first-order valence-electron chi connectivity index (χ1n) is 4.62. The third kappa shape index (κ3) is 2.99. The van der Waals surface area contributed by atoms with E-state index in [0.717, 1.165) is 25.3 Å². The Labute approximate surface area is 78.8 Å². The molecule has 13 heavy (non-hydrogen) atoms. The topological polar surface area (TPSA) is 49.8 Å². The van der Waals surface area contributed by atoms with Gasteiger partial charge in [-0.1, -0.05) is 6.92 Å². The second-order valence-corrected chi connectivity index (χ2v) is 2.74. The molecule has 0 aliphatic carbocycles. The van der Waals surface area contributed by atoms with Crippen LogP contribution in [0.1, 0.15) is 19.4 Å².